The van der Waals surface area contributed by atoms with Crippen LogP contribution in [-0.2, 0) is 14.3 Å². The molecule has 0 aliphatic rings. The molecule has 0 saturated carbocycles. The Labute approximate surface area is 474 Å². The number of amides is 1. The van der Waals surface area contributed by atoms with Crippen LogP contribution in [0.3, 0.4) is 0 Å². The lowest BCUT2D eigenvalue weighted by atomic mass is 10.0. The predicted octanol–water partition coefficient (Wildman–Crippen LogP) is 21.9. The fourth-order valence-corrected chi connectivity index (χ4v) is 10.7. The van der Waals surface area contributed by atoms with Crippen molar-refractivity contribution < 1.29 is 24.5 Å². The Balaban J connectivity index is 3.42. The number of hydrogen-bond acceptors (Lipinski definition) is 5. The van der Waals surface area contributed by atoms with Crippen LogP contribution in [-0.4, -0.2) is 47.4 Å². The van der Waals surface area contributed by atoms with E-state index >= 15 is 0 Å². The smallest absolute Gasteiger partial charge is 0.305 e. The van der Waals surface area contributed by atoms with Gasteiger partial charge in [-0.2, -0.15) is 0 Å². The molecule has 0 bridgehead atoms. The average Bonchev–Trinajstić information content (AvgIpc) is 3.42. The van der Waals surface area contributed by atoms with Crippen LogP contribution < -0.4 is 5.32 Å². The summed E-state index contributed by atoms with van der Waals surface area (Å²) in [5, 5.41) is 23.3. The Bertz CT molecular complexity index is 1230. The number of nitrogens with one attached hydrogen (secondary N) is 1. The summed E-state index contributed by atoms with van der Waals surface area (Å²) in [6, 6.07) is -0.630. The third-order valence-electron chi connectivity index (χ3n) is 15.9. The lowest BCUT2D eigenvalue weighted by molar-refractivity contribution is -0.143. The molecule has 0 aromatic carbocycles. The second kappa shape index (κ2) is 65.6. The number of carbonyl (C=O) groups is 2. The van der Waals surface area contributed by atoms with Crippen molar-refractivity contribution in [1.82, 2.24) is 5.32 Å². The molecule has 0 aliphatic carbocycles. The van der Waals surface area contributed by atoms with E-state index in [1.165, 1.54) is 295 Å². The molecular formula is C70H133NO5. The lowest BCUT2D eigenvalue weighted by Gasteiger charge is -2.20. The molecule has 2 unspecified atom stereocenters. The number of carbonyl (C=O) groups excluding carboxylic acids is 2. The quantitative estimate of drug-likeness (QED) is 0.0320. The largest absolute Gasteiger partial charge is 0.466 e. The van der Waals surface area contributed by atoms with Gasteiger partial charge in [0, 0.05) is 12.8 Å². The van der Waals surface area contributed by atoms with Gasteiger partial charge in [-0.25, -0.2) is 0 Å². The summed E-state index contributed by atoms with van der Waals surface area (Å²) in [5.41, 5.74) is 0. The van der Waals surface area contributed by atoms with Gasteiger partial charge in [0.15, 0.2) is 0 Å². The van der Waals surface area contributed by atoms with Gasteiger partial charge in [-0.05, 0) is 64.2 Å². The van der Waals surface area contributed by atoms with Crippen molar-refractivity contribution in [1.29, 1.82) is 0 Å². The van der Waals surface area contributed by atoms with Crippen LogP contribution in [0, 0.1) is 0 Å². The Morgan fingerprint density at radius 3 is 1.03 bits per heavy atom. The zero-order valence-corrected chi connectivity index (χ0v) is 51.3. The van der Waals surface area contributed by atoms with E-state index < -0.39 is 12.1 Å². The number of esters is 1. The molecule has 448 valence electrons. The lowest BCUT2D eigenvalue weighted by Crippen LogP contribution is -2.45. The van der Waals surface area contributed by atoms with E-state index in [9.17, 15) is 19.8 Å². The van der Waals surface area contributed by atoms with E-state index in [0.717, 1.165) is 51.4 Å². The van der Waals surface area contributed by atoms with Crippen molar-refractivity contribution in [2.75, 3.05) is 13.2 Å². The standard InChI is InChI=1S/C70H133NO5/c1-3-5-7-9-11-13-15-17-19-20-21-22-25-28-31-35-38-42-46-50-54-58-62-68(73)67(66-72)71-69(74)63-59-55-51-47-43-39-36-32-29-26-23-24-27-30-33-37-41-45-49-53-57-61-65-76-70(75)64-60-56-52-48-44-40-34-18-16-14-12-10-8-6-4-2/h12,14,18,34,58,62,67-68,72-73H,3-11,13,15-17,19-33,35-57,59-61,63-66H2,1-2H3,(H,71,74)/b14-12-,34-18-,62-58+. The van der Waals surface area contributed by atoms with Crippen molar-refractivity contribution in [3.05, 3.63) is 36.5 Å². The number of rotatable bonds is 64. The van der Waals surface area contributed by atoms with Crippen LogP contribution in [0.5, 0.6) is 0 Å². The van der Waals surface area contributed by atoms with Gasteiger partial charge in [-0.15, -0.1) is 0 Å². The zero-order chi connectivity index (χ0) is 55.0. The highest BCUT2D eigenvalue weighted by atomic mass is 16.5. The summed E-state index contributed by atoms with van der Waals surface area (Å²) >= 11 is 0. The summed E-state index contributed by atoms with van der Waals surface area (Å²) in [6.07, 6.45) is 83.5. The van der Waals surface area contributed by atoms with Crippen molar-refractivity contribution in [2.45, 2.75) is 386 Å². The summed E-state index contributed by atoms with van der Waals surface area (Å²) < 4.78 is 5.48. The first-order valence-electron chi connectivity index (χ1n) is 34.3. The number of ether oxygens (including phenoxy) is 1. The fourth-order valence-electron chi connectivity index (χ4n) is 10.7. The van der Waals surface area contributed by atoms with Gasteiger partial charge in [0.25, 0.3) is 0 Å². The normalized spacial score (nSPS) is 12.7. The number of hydrogen-bond donors (Lipinski definition) is 3. The van der Waals surface area contributed by atoms with Crippen LogP contribution in [0.15, 0.2) is 36.5 Å². The Morgan fingerprint density at radius 2 is 0.658 bits per heavy atom. The third-order valence-corrected chi connectivity index (χ3v) is 15.9. The van der Waals surface area contributed by atoms with Crippen molar-refractivity contribution in [3.8, 4) is 0 Å². The van der Waals surface area contributed by atoms with Crippen LogP contribution in [0.1, 0.15) is 373 Å². The van der Waals surface area contributed by atoms with Crippen LogP contribution in [0.2, 0.25) is 0 Å². The van der Waals surface area contributed by atoms with E-state index in [-0.39, 0.29) is 18.5 Å². The monoisotopic (exact) mass is 1070 g/mol. The van der Waals surface area contributed by atoms with Crippen LogP contribution >= 0.6 is 0 Å². The number of unbranched alkanes of at least 4 members (excludes halogenated alkanes) is 49. The minimum atomic E-state index is -0.846. The first-order valence-corrected chi connectivity index (χ1v) is 34.3. The maximum atomic E-state index is 12.5. The molecule has 76 heavy (non-hydrogen) atoms. The van der Waals surface area contributed by atoms with Gasteiger partial charge in [0.1, 0.15) is 0 Å². The van der Waals surface area contributed by atoms with E-state index in [2.05, 4.69) is 43.5 Å². The first kappa shape index (κ1) is 74.1. The minimum Gasteiger partial charge on any atom is -0.466 e. The minimum absolute atomic E-state index is 0.000837. The second-order valence-corrected chi connectivity index (χ2v) is 23.5. The first-order chi connectivity index (χ1) is 37.5. The van der Waals surface area contributed by atoms with Crippen molar-refractivity contribution in [3.63, 3.8) is 0 Å². The number of aliphatic hydroxyl groups excluding tert-OH is 2. The van der Waals surface area contributed by atoms with E-state index in [0.29, 0.717) is 19.4 Å². The van der Waals surface area contributed by atoms with Gasteiger partial charge in [0.05, 0.1) is 25.4 Å². The second-order valence-electron chi connectivity index (χ2n) is 23.5. The maximum absolute atomic E-state index is 12.5. The maximum Gasteiger partial charge on any atom is 0.305 e. The fraction of sp³-hybridized carbons (Fsp3) is 0.886. The molecule has 0 rings (SSSR count). The number of allylic oxidation sites excluding steroid dienone is 5. The van der Waals surface area contributed by atoms with Crippen molar-refractivity contribution in [2.24, 2.45) is 0 Å². The summed E-state index contributed by atoms with van der Waals surface area (Å²) in [5.74, 6) is -0.0657. The van der Waals surface area contributed by atoms with Gasteiger partial charge in [-0.3, -0.25) is 9.59 Å². The zero-order valence-electron chi connectivity index (χ0n) is 51.3. The molecule has 1 amide bonds. The Morgan fingerprint density at radius 1 is 0.368 bits per heavy atom. The van der Waals surface area contributed by atoms with Gasteiger partial charge >= 0.3 is 5.97 Å². The molecule has 6 nitrogen and oxygen atoms in total. The molecule has 2 atom stereocenters. The van der Waals surface area contributed by atoms with E-state index in [1.54, 1.807) is 6.08 Å². The summed E-state index contributed by atoms with van der Waals surface area (Å²) in [6.45, 7) is 4.90. The van der Waals surface area contributed by atoms with E-state index in [4.69, 9.17) is 4.74 Å². The van der Waals surface area contributed by atoms with E-state index in [1.807, 2.05) is 6.08 Å². The molecule has 0 spiro atoms. The molecule has 0 aliphatic heterocycles. The summed E-state index contributed by atoms with van der Waals surface area (Å²) in [7, 11) is 0. The molecule has 0 fully saturated rings. The molecule has 0 saturated heterocycles. The number of aliphatic hydroxyl groups is 2. The molecule has 6 heteroatoms. The highest BCUT2D eigenvalue weighted by Gasteiger charge is 2.18. The highest BCUT2D eigenvalue weighted by Crippen LogP contribution is 2.18. The molecule has 0 aromatic heterocycles. The average molecular weight is 1070 g/mol. The molecule has 0 aromatic rings. The molecular weight excluding hydrogens is 935 g/mol. The van der Waals surface area contributed by atoms with Gasteiger partial charge < -0.3 is 20.3 Å². The Hall–Kier alpha value is -1.92. The van der Waals surface area contributed by atoms with Gasteiger partial charge in [0.2, 0.25) is 5.91 Å². The Kier molecular flexibility index (Phi) is 63.9. The molecule has 3 N–H and O–H groups in total. The van der Waals surface area contributed by atoms with Crippen molar-refractivity contribution >= 4 is 11.9 Å². The summed E-state index contributed by atoms with van der Waals surface area (Å²) in [4.78, 5) is 24.6. The molecule has 0 radical (unpaired) electrons. The van der Waals surface area contributed by atoms with Crippen LogP contribution in [0.25, 0.3) is 0 Å². The SMILES string of the molecule is CCCCC/C=C\C/C=C\CCCCCCCC(=O)OCCCCCCCCCCCCCCCCCCCCCCCCC(=O)NC(CO)C(O)/C=C/CCCCCCCCCCCCCCCCCCCCCC. The van der Waals surface area contributed by atoms with Gasteiger partial charge in [-0.1, -0.05) is 333 Å². The third kappa shape index (κ3) is 61.3. The molecule has 0 heterocycles. The van der Waals surface area contributed by atoms with Crippen LogP contribution in [0.4, 0.5) is 0 Å². The topological polar surface area (TPSA) is 95.9 Å². The highest BCUT2D eigenvalue weighted by molar-refractivity contribution is 5.76. The predicted molar refractivity (Wildman–Crippen MR) is 333 cm³/mol.